The molecule has 0 atom stereocenters. The Morgan fingerprint density at radius 2 is 1.86 bits per heavy atom. The lowest BCUT2D eigenvalue weighted by molar-refractivity contribution is 1.23. The molecule has 0 aliphatic rings. The molecule has 1 aromatic carbocycles. The van der Waals surface area contributed by atoms with Gasteiger partial charge in [0, 0.05) is 10.9 Å². The van der Waals surface area contributed by atoms with Crippen molar-refractivity contribution in [2.75, 3.05) is 0 Å². The van der Waals surface area contributed by atoms with E-state index < -0.39 is 0 Å². The first-order chi connectivity index (χ1) is 6.54. The quantitative estimate of drug-likeness (QED) is 0.637. The molecule has 1 aromatic rings. The number of aliphatic imine (C=N–C) groups is 1. The maximum atomic E-state index is 5.68. The highest BCUT2D eigenvalue weighted by Crippen LogP contribution is 2.26. The SMILES string of the molecule is CCC(N)=Nc1cc(C)c(Br)c(C)c1. The van der Waals surface area contributed by atoms with Crippen molar-refractivity contribution in [2.24, 2.45) is 10.7 Å². The summed E-state index contributed by atoms with van der Waals surface area (Å²) in [6.45, 7) is 6.11. The molecule has 0 amide bonds. The van der Waals surface area contributed by atoms with Crippen molar-refractivity contribution in [2.45, 2.75) is 27.2 Å². The second kappa shape index (κ2) is 4.60. The fraction of sp³-hybridized carbons (Fsp3) is 0.364. The zero-order valence-electron chi connectivity index (χ0n) is 8.76. The third-order valence-corrected chi connectivity index (χ3v) is 3.31. The van der Waals surface area contributed by atoms with Crippen LogP contribution in [0.3, 0.4) is 0 Å². The summed E-state index contributed by atoms with van der Waals surface area (Å²) in [7, 11) is 0. The van der Waals surface area contributed by atoms with Gasteiger partial charge in [0.1, 0.15) is 0 Å². The van der Waals surface area contributed by atoms with Crippen molar-refractivity contribution in [1.29, 1.82) is 0 Å². The average Bonchev–Trinajstić information content (AvgIpc) is 2.14. The van der Waals surface area contributed by atoms with E-state index in [1.165, 1.54) is 11.1 Å². The Morgan fingerprint density at radius 1 is 1.36 bits per heavy atom. The molecule has 0 saturated carbocycles. The smallest absolute Gasteiger partial charge is 0.0993 e. The fourth-order valence-electron chi connectivity index (χ4n) is 1.23. The highest BCUT2D eigenvalue weighted by molar-refractivity contribution is 9.10. The predicted molar refractivity (Wildman–Crippen MR) is 65.2 cm³/mol. The van der Waals surface area contributed by atoms with Gasteiger partial charge in [0.15, 0.2) is 0 Å². The molecule has 0 heterocycles. The van der Waals surface area contributed by atoms with Crippen LogP contribution >= 0.6 is 15.9 Å². The number of benzene rings is 1. The van der Waals surface area contributed by atoms with Crippen LogP contribution < -0.4 is 5.73 Å². The van der Waals surface area contributed by atoms with Crippen molar-refractivity contribution in [3.8, 4) is 0 Å². The average molecular weight is 255 g/mol. The molecule has 14 heavy (non-hydrogen) atoms. The fourth-order valence-corrected chi connectivity index (χ4v) is 1.46. The van der Waals surface area contributed by atoms with E-state index in [2.05, 4.69) is 34.8 Å². The Kier molecular flexibility index (Phi) is 3.69. The Balaban J connectivity index is 3.13. The molecule has 0 radical (unpaired) electrons. The normalized spacial score (nSPS) is 11.9. The number of halogens is 1. The Morgan fingerprint density at radius 3 is 2.29 bits per heavy atom. The summed E-state index contributed by atoms with van der Waals surface area (Å²) in [4.78, 5) is 4.31. The van der Waals surface area contributed by atoms with E-state index in [0.29, 0.717) is 5.84 Å². The van der Waals surface area contributed by atoms with E-state index in [4.69, 9.17) is 5.73 Å². The summed E-state index contributed by atoms with van der Waals surface area (Å²) < 4.78 is 1.14. The molecule has 1 rings (SSSR count). The monoisotopic (exact) mass is 254 g/mol. The maximum Gasteiger partial charge on any atom is 0.0993 e. The lowest BCUT2D eigenvalue weighted by Gasteiger charge is -2.05. The molecular weight excluding hydrogens is 240 g/mol. The largest absolute Gasteiger partial charge is 0.387 e. The van der Waals surface area contributed by atoms with E-state index in [9.17, 15) is 0 Å². The maximum absolute atomic E-state index is 5.68. The minimum atomic E-state index is 0.672. The molecule has 0 fully saturated rings. The Labute approximate surface area is 93.4 Å². The summed E-state index contributed by atoms with van der Waals surface area (Å²) in [5.74, 6) is 0.672. The molecule has 76 valence electrons. The summed E-state index contributed by atoms with van der Waals surface area (Å²) in [6, 6.07) is 4.05. The number of hydrogen-bond donors (Lipinski definition) is 1. The van der Waals surface area contributed by atoms with Crippen LogP contribution in [0.5, 0.6) is 0 Å². The van der Waals surface area contributed by atoms with Gasteiger partial charge in [-0.25, -0.2) is 4.99 Å². The second-order valence-electron chi connectivity index (χ2n) is 3.35. The number of aryl methyl sites for hydroxylation is 2. The third-order valence-electron chi connectivity index (χ3n) is 2.06. The van der Waals surface area contributed by atoms with E-state index in [-0.39, 0.29) is 0 Å². The molecule has 2 N–H and O–H groups in total. The molecule has 0 aromatic heterocycles. The van der Waals surface area contributed by atoms with Gasteiger partial charge in [0.05, 0.1) is 11.5 Å². The van der Waals surface area contributed by atoms with Crippen molar-refractivity contribution in [3.05, 3.63) is 27.7 Å². The number of hydrogen-bond acceptors (Lipinski definition) is 1. The van der Waals surface area contributed by atoms with Crippen molar-refractivity contribution < 1.29 is 0 Å². The van der Waals surface area contributed by atoms with Gasteiger partial charge in [0.2, 0.25) is 0 Å². The highest BCUT2D eigenvalue weighted by atomic mass is 79.9. The molecule has 3 heteroatoms. The minimum absolute atomic E-state index is 0.672. The van der Waals surface area contributed by atoms with Gasteiger partial charge in [-0.3, -0.25) is 0 Å². The van der Waals surface area contributed by atoms with Crippen LogP contribution in [0.15, 0.2) is 21.6 Å². The standard InChI is InChI=1S/C11H15BrN2/c1-4-10(13)14-9-5-7(2)11(12)8(3)6-9/h5-6H,4H2,1-3H3,(H2,13,14). The van der Waals surface area contributed by atoms with Gasteiger partial charge >= 0.3 is 0 Å². The summed E-state index contributed by atoms with van der Waals surface area (Å²) >= 11 is 3.52. The number of amidine groups is 1. The lowest BCUT2D eigenvalue weighted by atomic mass is 10.1. The van der Waals surface area contributed by atoms with E-state index in [1.54, 1.807) is 0 Å². The van der Waals surface area contributed by atoms with Gasteiger partial charge in [-0.2, -0.15) is 0 Å². The topological polar surface area (TPSA) is 38.4 Å². The van der Waals surface area contributed by atoms with Gasteiger partial charge in [-0.15, -0.1) is 0 Å². The van der Waals surface area contributed by atoms with Gasteiger partial charge in [0.25, 0.3) is 0 Å². The number of rotatable bonds is 2. The van der Waals surface area contributed by atoms with Crippen LogP contribution in [0.2, 0.25) is 0 Å². The highest BCUT2D eigenvalue weighted by Gasteiger charge is 2.01. The van der Waals surface area contributed by atoms with Crippen LogP contribution in [0.1, 0.15) is 24.5 Å². The zero-order chi connectivity index (χ0) is 10.7. The molecule has 0 spiro atoms. The van der Waals surface area contributed by atoms with Gasteiger partial charge < -0.3 is 5.73 Å². The molecule has 0 unspecified atom stereocenters. The molecule has 0 aliphatic heterocycles. The summed E-state index contributed by atoms with van der Waals surface area (Å²) in [5.41, 5.74) is 8.99. The minimum Gasteiger partial charge on any atom is -0.387 e. The molecule has 2 nitrogen and oxygen atoms in total. The van der Waals surface area contributed by atoms with E-state index in [1.807, 2.05) is 19.1 Å². The van der Waals surface area contributed by atoms with Crippen LogP contribution in [0.25, 0.3) is 0 Å². The first-order valence-corrected chi connectivity index (χ1v) is 5.43. The molecule has 0 aliphatic carbocycles. The summed E-state index contributed by atoms with van der Waals surface area (Å²) in [5, 5.41) is 0. The van der Waals surface area contributed by atoms with Crippen LogP contribution in [-0.4, -0.2) is 5.84 Å². The van der Waals surface area contributed by atoms with Gasteiger partial charge in [-0.1, -0.05) is 22.9 Å². The van der Waals surface area contributed by atoms with Gasteiger partial charge in [-0.05, 0) is 37.1 Å². The molecule has 0 bridgehead atoms. The number of nitrogens with zero attached hydrogens (tertiary/aromatic N) is 1. The van der Waals surface area contributed by atoms with Crippen molar-refractivity contribution in [1.82, 2.24) is 0 Å². The van der Waals surface area contributed by atoms with Crippen molar-refractivity contribution >= 4 is 27.5 Å². The number of nitrogens with two attached hydrogens (primary N) is 1. The first-order valence-electron chi connectivity index (χ1n) is 4.64. The Bertz CT molecular complexity index is 347. The van der Waals surface area contributed by atoms with E-state index in [0.717, 1.165) is 16.6 Å². The van der Waals surface area contributed by atoms with Crippen molar-refractivity contribution in [3.63, 3.8) is 0 Å². The second-order valence-corrected chi connectivity index (χ2v) is 4.14. The summed E-state index contributed by atoms with van der Waals surface area (Å²) in [6.07, 6.45) is 0.786. The van der Waals surface area contributed by atoms with Crippen LogP contribution in [0.4, 0.5) is 5.69 Å². The van der Waals surface area contributed by atoms with Crippen LogP contribution in [-0.2, 0) is 0 Å². The molecular formula is C11H15BrN2. The Hall–Kier alpha value is -0.830. The third kappa shape index (κ3) is 2.58. The first kappa shape index (κ1) is 11.2. The molecule has 0 saturated heterocycles. The zero-order valence-corrected chi connectivity index (χ0v) is 10.4. The lowest BCUT2D eigenvalue weighted by Crippen LogP contribution is -2.08. The van der Waals surface area contributed by atoms with E-state index >= 15 is 0 Å². The van der Waals surface area contributed by atoms with Crippen LogP contribution in [0, 0.1) is 13.8 Å². The predicted octanol–water partition coefficient (Wildman–Crippen LogP) is 3.46.